The van der Waals surface area contributed by atoms with Crippen LogP contribution in [0, 0.1) is 5.92 Å². The van der Waals surface area contributed by atoms with Gasteiger partial charge >= 0.3 is 0 Å². The Balaban J connectivity index is 2.00. The van der Waals surface area contributed by atoms with Gasteiger partial charge in [0, 0.05) is 24.6 Å². The molecule has 1 fully saturated rings. The van der Waals surface area contributed by atoms with Crippen LogP contribution < -0.4 is 14.8 Å². The Morgan fingerprint density at radius 3 is 2.46 bits per heavy atom. The van der Waals surface area contributed by atoms with Crippen LogP contribution in [-0.2, 0) is 14.8 Å². The molecule has 8 heteroatoms. The van der Waals surface area contributed by atoms with Gasteiger partial charge in [-0.2, -0.15) is 0 Å². The molecule has 26 heavy (non-hydrogen) atoms. The van der Waals surface area contributed by atoms with Crippen LogP contribution in [0.2, 0.25) is 0 Å². The van der Waals surface area contributed by atoms with Crippen molar-refractivity contribution in [3.05, 3.63) is 23.8 Å². The van der Waals surface area contributed by atoms with Crippen molar-refractivity contribution in [1.29, 1.82) is 0 Å². The van der Waals surface area contributed by atoms with Crippen molar-refractivity contribution < 1.29 is 22.7 Å². The van der Waals surface area contributed by atoms with Gasteiger partial charge in [0.1, 0.15) is 11.5 Å². The summed E-state index contributed by atoms with van der Waals surface area (Å²) in [6, 6.07) is 5.22. The molecule has 0 unspecified atom stereocenters. The average Bonchev–Trinajstić information content (AvgIpc) is 2.67. The Labute approximate surface area is 155 Å². The molecule has 146 valence electrons. The molecule has 0 aliphatic carbocycles. The molecular formula is C18H28N2O5S. The number of hydrogen-bond donors (Lipinski definition) is 1. The van der Waals surface area contributed by atoms with Crippen LogP contribution in [-0.4, -0.2) is 51.7 Å². The number of rotatable bonds is 7. The number of hydrogen-bond acceptors (Lipinski definition) is 5. The lowest BCUT2D eigenvalue weighted by Crippen LogP contribution is -2.43. The number of amides is 1. The molecule has 7 nitrogen and oxygen atoms in total. The van der Waals surface area contributed by atoms with E-state index < -0.39 is 10.0 Å². The van der Waals surface area contributed by atoms with Crippen LogP contribution in [0.4, 0.5) is 0 Å². The van der Waals surface area contributed by atoms with Crippen molar-refractivity contribution >= 4 is 15.9 Å². The maximum Gasteiger partial charge on any atom is 0.223 e. The minimum absolute atomic E-state index is 0.0593. The van der Waals surface area contributed by atoms with Crippen molar-refractivity contribution in [1.82, 2.24) is 9.62 Å². The quantitative estimate of drug-likeness (QED) is 0.777. The molecule has 1 amide bonds. The second kappa shape index (κ2) is 8.73. The zero-order chi connectivity index (χ0) is 19.3. The van der Waals surface area contributed by atoms with Crippen LogP contribution in [0.5, 0.6) is 11.5 Å². The van der Waals surface area contributed by atoms with E-state index in [-0.39, 0.29) is 23.6 Å². The number of methoxy groups -OCH3 is 2. The standard InChI is InChI=1S/C18H28N2O5S/c1-5-26(22,23)20-10-8-14(9-11-20)18(21)19-13(2)16-12-15(24-3)6-7-17(16)25-4/h6-7,12-14H,5,8-11H2,1-4H3,(H,19,21)/t13-/m0/s1. The van der Waals surface area contributed by atoms with Crippen molar-refractivity contribution in [2.75, 3.05) is 33.1 Å². The molecule has 0 aromatic heterocycles. The van der Waals surface area contributed by atoms with Crippen molar-refractivity contribution in [3.8, 4) is 11.5 Å². The van der Waals surface area contributed by atoms with E-state index in [1.54, 1.807) is 27.2 Å². The third-order valence-corrected chi connectivity index (χ3v) is 6.73. The van der Waals surface area contributed by atoms with E-state index in [4.69, 9.17) is 9.47 Å². The molecule has 1 heterocycles. The van der Waals surface area contributed by atoms with E-state index in [1.807, 2.05) is 19.1 Å². The van der Waals surface area contributed by atoms with E-state index in [0.29, 0.717) is 37.4 Å². The van der Waals surface area contributed by atoms with Gasteiger partial charge in [0.15, 0.2) is 0 Å². The first-order valence-corrected chi connectivity index (χ1v) is 10.4. The fraction of sp³-hybridized carbons (Fsp3) is 0.611. The topological polar surface area (TPSA) is 84.9 Å². The summed E-state index contributed by atoms with van der Waals surface area (Å²) in [7, 11) is -0.00463. The molecule has 0 saturated carbocycles. The van der Waals surface area contributed by atoms with Crippen LogP contribution in [0.15, 0.2) is 18.2 Å². The van der Waals surface area contributed by atoms with Gasteiger partial charge in [0.25, 0.3) is 0 Å². The normalized spacial score (nSPS) is 17.5. The van der Waals surface area contributed by atoms with E-state index >= 15 is 0 Å². The molecule has 1 aliphatic heterocycles. The van der Waals surface area contributed by atoms with Crippen LogP contribution in [0.3, 0.4) is 0 Å². The van der Waals surface area contributed by atoms with E-state index in [9.17, 15) is 13.2 Å². The molecular weight excluding hydrogens is 356 g/mol. The fourth-order valence-electron chi connectivity index (χ4n) is 3.17. The summed E-state index contributed by atoms with van der Waals surface area (Å²) in [5.74, 6) is 1.23. The van der Waals surface area contributed by atoms with Crippen LogP contribution in [0.1, 0.15) is 38.3 Å². The lowest BCUT2D eigenvalue weighted by molar-refractivity contribution is -0.126. The summed E-state index contributed by atoms with van der Waals surface area (Å²) in [6.07, 6.45) is 1.07. The monoisotopic (exact) mass is 384 g/mol. The number of benzene rings is 1. The zero-order valence-electron chi connectivity index (χ0n) is 15.8. The van der Waals surface area contributed by atoms with E-state index in [0.717, 1.165) is 5.56 Å². The van der Waals surface area contributed by atoms with Crippen molar-refractivity contribution in [2.45, 2.75) is 32.7 Å². The highest BCUT2D eigenvalue weighted by molar-refractivity contribution is 7.89. The largest absolute Gasteiger partial charge is 0.497 e. The summed E-state index contributed by atoms with van der Waals surface area (Å²) in [5.41, 5.74) is 0.839. The Morgan fingerprint density at radius 1 is 1.27 bits per heavy atom. The van der Waals surface area contributed by atoms with Gasteiger partial charge in [0.05, 0.1) is 26.0 Å². The molecule has 1 atom stereocenters. The number of nitrogens with one attached hydrogen (secondary N) is 1. The van der Waals surface area contributed by atoms with E-state index in [2.05, 4.69) is 5.32 Å². The average molecular weight is 384 g/mol. The van der Waals surface area contributed by atoms with Gasteiger partial charge < -0.3 is 14.8 Å². The van der Waals surface area contributed by atoms with Crippen LogP contribution >= 0.6 is 0 Å². The summed E-state index contributed by atoms with van der Waals surface area (Å²) >= 11 is 0. The highest BCUT2D eigenvalue weighted by atomic mass is 32.2. The Kier molecular flexibility index (Phi) is 6.88. The van der Waals surface area contributed by atoms with Gasteiger partial charge in [-0.05, 0) is 44.9 Å². The maximum atomic E-state index is 12.6. The molecule has 0 spiro atoms. The Morgan fingerprint density at radius 2 is 1.92 bits per heavy atom. The van der Waals surface area contributed by atoms with Gasteiger partial charge in [-0.1, -0.05) is 0 Å². The third kappa shape index (κ3) is 4.67. The second-order valence-electron chi connectivity index (χ2n) is 6.41. The number of carbonyl (C=O) groups is 1. The molecule has 1 saturated heterocycles. The molecule has 1 N–H and O–H groups in total. The summed E-state index contributed by atoms with van der Waals surface area (Å²) in [6.45, 7) is 4.32. The predicted octanol–water partition coefficient (Wildman–Crippen LogP) is 1.94. The summed E-state index contributed by atoms with van der Waals surface area (Å²) < 4.78 is 36.0. The number of nitrogens with zero attached hydrogens (tertiary/aromatic N) is 1. The highest BCUT2D eigenvalue weighted by Crippen LogP contribution is 2.30. The predicted molar refractivity (Wildman–Crippen MR) is 99.9 cm³/mol. The number of sulfonamides is 1. The lowest BCUT2D eigenvalue weighted by Gasteiger charge is -2.31. The molecule has 0 radical (unpaired) electrons. The number of carbonyl (C=O) groups excluding carboxylic acids is 1. The molecule has 1 aromatic carbocycles. The fourth-order valence-corrected chi connectivity index (χ4v) is 4.30. The smallest absolute Gasteiger partial charge is 0.223 e. The zero-order valence-corrected chi connectivity index (χ0v) is 16.6. The van der Waals surface area contributed by atoms with Gasteiger partial charge in [-0.15, -0.1) is 0 Å². The molecule has 1 aromatic rings. The molecule has 2 rings (SSSR count). The minimum atomic E-state index is -3.18. The van der Waals surface area contributed by atoms with Crippen molar-refractivity contribution in [2.24, 2.45) is 5.92 Å². The SMILES string of the molecule is CCS(=O)(=O)N1CCC(C(=O)N[C@@H](C)c2cc(OC)ccc2OC)CC1. The first-order valence-electron chi connectivity index (χ1n) is 8.82. The lowest BCUT2D eigenvalue weighted by atomic mass is 9.96. The highest BCUT2D eigenvalue weighted by Gasteiger charge is 2.30. The van der Waals surface area contributed by atoms with Gasteiger partial charge in [-0.3, -0.25) is 4.79 Å². The second-order valence-corrected chi connectivity index (χ2v) is 8.67. The third-order valence-electron chi connectivity index (χ3n) is 4.85. The molecule has 1 aliphatic rings. The number of ether oxygens (including phenoxy) is 2. The Hall–Kier alpha value is -1.80. The van der Waals surface area contributed by atoms with Gasteiger partial charge in [0.2, 0.25) is 15.9 Å². The number of piperidine rings is 1. The first-order chi connectivity index (χ1) is 12.3. The minimum Gasteiger partial charge on any atom is -0.497 e. The van der Waals surface area contributed by atoms with Gasteiger partial charge in [-0.25, -0.2) is 12.7 Å². The van der Waals surface area contributed by atoms with Crippen molar-refractivity contribution in [3.63, 3.8) is 0 Å². The Bertz CT molecular complexity index is 727. The summed E-state index contributed by atoms with van der Waals surface area (Å²) in [4.78, 5) is 12.6. The first kappa shape index (κ1) is 20.5. The summed E-state index contributed by atoms with van der Waals surface area (Å²) in [5, 5.41) is 3.02. The molecule has 0 bridgehead atoms. The van der Waals surface area contributed by atoms with Crippen LogP contribution in [0.25, 0.3) is 0 Å². The van der Waals surface area contributed by atoms with E-state index in [1.165, 1.54) is 4.31 Å². The maximum absolute atomic E-state index is 12.6.